The van der Waals surface area contributed by atoms with Crippen LogP contribution in [0, 0.1) is 0 Å². The van der Waals surface area contributed by atoms with E-state index in [9.17, 15) is 9.59 Å². The Bertz CT molecular complexity index is 1220. The summed E-state index contributed by atoms with van der Waals surface area (Å²) < 4.78 is 5.71. The van der Waals surface area contributed by atoms with Crippen LogP contribution in [0.5, 0.6) is 0 Å². The predicted molar refractivity (Wildman–Crippen MR) is 135 cm³/mol. The predicted octanol–water partition coefficient (Wildman–Crippen LogP) is 5.56. The van der Waals surface area contributed by atoms with E-state index in [-0.39, 0.29) is 31.3 Å². The number of rotatable bonds is 7. The minimum atomic E-state index is -0.227. The molecule has 168 valence electrons. The van der Waals surface area contributed by atoms with E-state index >= 15 is 0 Å². The summed E-state index contributed by atoms with van der Waals surface area (Å²) in [6.07, 6.45) is 1.87. The number of aromatic nitrogens is 1. The second-order valence-electron chi connectivity index (χ2n) is 7.10. The standard InChI is InChI=1S/C23H17Cl2N3O3S2/c24-16-5-1-14(2-6-16)11-20-22(30)28(23(32)33-20)10-9-21(29)26-13-18-12-19(27-31-18)15-3-7-17(25)8-4-15/h1-8,11-12H,9-10,13H2,(H,26,29)/b20-11-. The van der Waals surface area contributed by atoms with E-state index < -0.39 is 0 Å². The van der Waals surface area contributed by atoms with Crippen LogP contribution in [-0.4, -0.2) is 32.7 Å². The van der Waals surface area contributed by atoms with E-state index in [0.29, 0.717) is 30.7 Å². The SMILES string of the molecule is O=C(CCN1C(=O)/C(=C/c2ccc(Cl)cc2)SC1=S)NCc1cc(-c2ccc(Cl)cc2)no1. The fraction of sp³-hybridized carbons (Fsp3) is 0.130. The zero-order valence-electron chi connectivity index (χ0n) is 17.1. The zero-order valence-corrected chi connectivity index (χ0v) is 20.2. The lowest BCUT2D eigenvalue weighted by atomic mass is 10.1. The van der Waals surface area contributed by atoms with Gasteiger partial charge < -0.3 is 9.84 Å². The first-order valence-electron chi connectivity index (χ1n) is 9.88. The summed E-state index contributed by atoms with van der Waals surface area (Å²) in [5, 5.41) is 8.05. The number of nitrogens with one attached hydrogen (secondary N) is 1. The monoisotopic (exact) mass is 517 g/mol. The van der Waals surface area contributed by atoms with Crippen LogP contribution in [0.3, 0.4) is 0 Å². The van der Waals surface area contributed by atoms with Crippen molar-refractivity contribution >= 4 is 69.4 Å². The van der Waals surface area contributed by atoms with Gasteiger partial charge in [-0.3, -0.25) is 14.5 Å². The van der Waals surface area contributed by atoms with Crippen LogP contribution < -0.4 is 5.32 Å². The number of carbonyl (C=O) groups is 2. The van der Waals surface area contributed by atoms with Crippen molar-refractivity contribution in [3.05, 3.63) is 80.9 Å². The lowest BCUT2D eigenvalue weighted by Gasteiger charge is -2.13. The first-order valence-corrected chi connectivity index (χ1v) is 11.9. The molecule has 4 rings (SSSR count). The van der Waals surface area contributed by atoms with Crippen molar-refractivity contribution in [1.29, 1.82) is 0 Å². The highest BCUT2D eigenvalue weighted by atomic mass is 35.5. The van der Waals surface area contributed by atoms with Gasteiger partial charge in [0, 0.05) is 34.6 Å². The highest BCUT2D eigenvalue weighted by molar-refractivity contribution is 8.26. The average molecular weight is 518 g/mol. The Morgan fingerprint density at radius 1 is 1.12 bits per heavy atom. The van der Waals surface area contributed by atoms with Crippen LogP contribution in [0.2, 0.25) is 10.0 Å². The van der Waals surface area contributed by atoms with Crippen LogP contribution in [0.15, 0.2) is 64.0 Å². The molecule has 0 radical (unpaired) electrons. The number of thiocarbonyl (C=S) groups is 1. The van der Waals surface area contributed by atoms with Gasteiger partial charge in [-0.25, -0.2) is 0 Å². The number of amides is 2. The Hall–Kier alpha value is -2.65. The summed E-state index contributed by atoms with van der Waals surface area (Å²) in [6, 6.07) is 16.1. The second-order valence-corrected chi connectivity index (χ2v) is 9.65. The van der Waals surface area contributed by atoms with E-state index in [1.165, 1.54) is 16.7 Å². The Morgan fingerprint density at radius 3 is 2.48 bits per heavy atom. The molecule has 1 aromatic heterocycles. The molecule has 1 aliphatic heterocycles. The molecular weight excluding hydrogens is 501 g/mol. The van der Waals surface area contributed by atoms with Gasteiger partial charge in [0.15, 0.2) is 5.76 Å². The minimum absolute atomic E-state index is 0.110. The summed E-state index contributed by atoms with van der Waals surface area (Å²) in [5.74, 6) is 0.0792. The molecule has 0 aliphatic carbocycles. The van der Waals surface area contributed by atoms with Gasteiger partial charge in [-0.2, -0.15) is 0 Å². The molecule has 33 heavy (non-hydrogen) atoms. The molecule has 0 spiro atoms. The molecule has 0 atom stereocenters. The molecular formula is C23H17Cl2N3O3S2. The van der Waals surface area contributed by atoms with Gasteiger partial charge >= 0.3 is 0 Å². The fourth-order valence-corrected chi connectivity index (χ4v) is 4.60. The molecule has 1 aliphatic rings. The number of halogens is 2. The van der Waals surface area contributed by atoms with Crippen molar-refractivity contribution in [2.45, 2.75) is 13.0 Å². The van der Waals surface area contributed by atoms with Gasteiger partial charge in [-0.05, 0) is 35.9 Å². The van der Waals surface area contributed by atoms with E-state index in [4.69, 9.17) is 39.9 Å². The third kappa shape index (κ3) is 6.03. The summed E-state index contributed by atoms with van der Waals surface area (Å²) >= 11 is 18.3. The molecule has 10 heteroatoms. The summed E-state index contributed by atoms with van der Waals surface area (Å²) in [4.78, 5) is 27.0. The Balaban J connectivity index is 1.28. The smallest absolute Gasteiger partial charge is 0.266 e. The molecule has 3 aromatic rings. The zero-order chi connectivity index (χ0) is 23.4. The molecule has 0 saturated carbocycles. The number of benzene rings is 2. The van der Waals surface area contributed by atoms with E-state index in [1.54, 1.807) is 36.4 Å². The van der Waals surface area contributed by atoms with Crippen molar-refractivity contribution < 1.29 is 14.1 Å². The topological polar surface area (TPSA) is 75.4 Å². The number of hydrogen-bond acceptors (Lipinski definition) is 6. The van der Waals surface area contributed by atoms with Gasteiger partial charge in [-0.1, -0.05) is 76.6 Å². The molecule has 0 unspecified atom stereocenters. The highest BCUT2D eigenvalue weighted by Crippen LogP contribution is 2.32. The summed E-state index contributed by atoms with van der Waals surface area (Å²) in [5.41, 5.74) is 2.37. The first kappa shape index (κ1) is 23.5. The summed E-state index contributed by atoms with van der Waals surface area (Å²) in [6.45, 7) is 0.384. The number of hydrogen-bond donors (Lipinski definition) is 1. The van der Waals surface area contributed by atoms with E-state index in [1.807, 2.05) is 24.3 Å². The fourth-order valence-electron chi connectivity index (χ4n) is 3.04. The van der Waals surface area contributed by atoms with Gasteiger partial charge in [-0.15, -0.1) is 0 Å². The molecule has 6 nitrogen and oxygen atoms in total. The molecule has 2 heterocycles. The number of nitrogens with zero attached hydrogens (tertiary/aromatic N) is 2. The maximum atomic E-state index is 12.7. The molecule has 2 aromatic carbocycles. The van der Waals surface area contributed by atoms with Gasteiger partial charge in [0.2, 0.25) is 5.91 Å². The molecule has 1 saturated heterocycles. The van der Waals surface area contributed by atoms with E-state index in [2.05, 4.69) is 10.5 Å². The lowest BCUT2D eigenvalue weighted by molar-refractivity contribution is -0.124. The van der Waals surface area contributed by atoms with Crippen molar-refractivity contribution in [2.24, 2.45) is 0 Å². The van der Waals surface area contributed by atoms with Gasteiger partial charge in [0.05, 0.1) is 11.4 Å². The normalized spacial score (nSPS) is 14.8. The number of carbonyl (C=O) groups excluding carboxylic acids is 2. The third-order valence-electron chi connectivity index (χ3n) is 4.76. The maximum absolute atomic E-state index is 12.7. The average Bonchev–Trinajstić information content (AvgIpc) is 3.38. The minimum Gasteiger partial charge on any atom is -0.359 e. The summed E-state index contributed by atoms with van der Waals surface area (Å²) in [7, 11) is 0. The molecule has 2 amide bonds. The van der Waals surface area contributed by atoms with Crippen molar-refractivity contribution in [1.82, 2.24) is 15.4 Å². The van der Waals surface area contributed by atoms with Crippen LogP contribution in [0.1, 0.15) is 17.7 Å². The first-order chi connectivity index (χ1) is 15.9. The number of thioether (sulfide) groups is 1. The largest absolute Gasteiger partial charge is 0.359 e. The Morgan fingerprint density at radius 2 is 1.79 bits per heavy atom. The molecule has 1 fully saturated rings. The highest BCUT2D eigenvalue weighted by Gasteiger charge is 2.32. The third-order valence-corrected chi connectivity index (χ3v) is 6.64. The van der Waals surface area contributed by atoms with Crippen LogP contribution in [-0.2, 0) is 16.1 Å². The lowest BCUT2D eigenvalue weighted by Crippen LogP contribution is -2.33. The maximum Gasteiger partial charge on any atom is 0.266 e. The Kier molecular flexibility index (Phi) is 7.49. The van der Waals surface area contributed by atoms with Gasteiger partial charge in [0.25, 0.3) is 5.91 Å². The van der Waals surface area contributed by atoms with Crippen LogP contribution in [0.4, 0.5) is 0 Å². The second kappa shape index (κ2) is 10.5. The van der Waals surface area contributed by atoms with Crippen molar-refractivity contribution in [3.8, 4) is 11.3 Å². The van der Waals surface area contributed by atoms with Gasteiger partial charge in [0.1, 0.15) is 10.0 Å². The quantitative estimate of drug-likeness (QED) is 0.326. The van der Waals surface area contributed by atoms with Crippen LogP contribution >= 0.6 is 47.2 Å². The molecule has 1 N–H and O–H groups in total. The molecule has 0 bridgehead atoms. The Labute approximate surface area is 209 Å². The van der Waals surface area contributed by atoms with Crippen LogP contribution in [0.25, 0.3) is 17.3 Å². The van der Waals surface area contributed by atoms with Crippen molar-refractivity contribution in [2.75, 3.05) is 6.54 Å². The van der Waals surface area contributed by atoms with E-state index in [0.717, 1.165) is 11.1 Å². The van der Waals surface area contributed by atoms with Crippen molar-refractivity contribution in [3.63, 3.8) is 0 Å².